The molecule has 0 spiro atoms. The summed E-state index contributed by atoms with van der Waals surface area (Å²) in [5.74, 6) is 0.128. The predicted octanol–water partition coefficient (Wildman–Crippen LogP) is 7.68. The van der Waals surface area contributed by atoms with Crippen molar-refractivity contribution in [1.82, 2.24) is 4.90 Å². The standard InChI is InChI=1S/C30H41FN2/c1-4-29(33(24(2)3)22-20-25-11-7-5-8-12-25)19-21-30(23-32,26-13-9-6-10-14-26)27-15-17-28(31)18-16-27/h5,7-8,11-12,15-18,24,26,29H,4,6,9-10,13-14,19-22H2,1-3H3. The van der Waals surface area contributed by atoms with Gasteiger partial charge < -0.3 is 0 Å². The summed E-state index contributed by atoms with van der Waals surface area (Å²) in [6.45, 7) is 7.87. The maximum absolute atomic E-state index is 13.7. The quantitative estimate of drug-likeness (QED) is 0.352. The van der Waals surface area contributed by atoms with Gasteiger partial charge in [0.25, 0.3) is 0 Å². The van der Waals surface area contributed by atoms with Crippen molar-refractivity contribution in [2.45, 2.75) is 96.1 Å². The lowest BCUT2D eigenvalue weighted by Gasteiger charge is -2.41. The maximum atomic E-state index is 13.7. The van der Waals surface area contributed by atoms with Gasteiger partial charge in [-0.3, -0.25) is 4.90 Å². The molecule has 0 heterocycles. The molecule has 2 aromatic carbocycles. The smallest absolute Gasteiger partial charge is 0.123 e. The molecule has 2 atom stereocenters. The number of benzene rings is 2. The van der Waals surface area contributed by atoms with Gasteiger partial charge in [-0.15, -0.1) is 0 Å². The van der Waals surface area contributed by atoms with E-state index < -0.39 is 5.41 Å². The van der Waals surface area contributed by atoms with Crippen molar-refractivity contribution < 1.29 is 4.39 Å². The van der Waals surface area contributed by atoms with Crippen molar-refractivity contribution in [3.8, 4) is 6.07 Å². The molecule has 0 amide bonds. The van der Waals surface area contributed by atoms with Crippen LogP contribution in [0.3, 0.4) is 0 Å². The molecule has 2 unspecified atom stereocenters. The summed E-state index contributed by atoms with van der Waals surface area (Å²) in [5.41, 5.74) is 1.86. The SMILES string of the molecule is CCC(CCC(C#N)(c1ccc(F)cc1)C1CCCCC1)N(CCc1ccccc1)C(C)C. The Bertz CT molecular complexity index is 864. The third-order valence-electron chi connectivity index (χ3n) is 7.84. The predicted molar refractivity (Wildman–Crippen MR) is 136 cm³/mol. The Morgan fingerprint density at radius 3 is 2.27 bits per heavy atom. The first-order valence-corrected chi connectivity index (χ1v) is 13.0. The van der Waals surface area contributed by atoms with Crippen LogP contribution in [0.4, 0.5) is 4.39 Å². The Hall–Kier alpha value is -2.18. The van der Waals surface area contributed by atoms with Crippen molar-refractivity contribution >= 4 is 0 Å². The van der Waals surface area contributed by atoms with Crippen molar-refractivity contribution in [2.75, 3.05) is 6.54 Å². The second-order valence-electron chi connectivity index (χ2n) is 10.1. The molecular weight excluding hydrogens is 407 g/mol. The molecule has 1 aliphatic rings. The van der Waals surface area contributed by atoms with E-state index in [0.29, 0.717) is 18.0 Å². The van der Waals surface area contributed by atoms with Crippen molar-refractivity contribution in [2.24, 2.45) is 5.92 Å². The van der Waals surface area contributed by atoms with Crippen LogP contribution in [0.1, 0.15) is 83.3 Å². The molecule has 1 aliphatic carbocycles. The number of hydrogen-bond acceptors (Lipinski definition) is 2. The van der Waals surface area contributed by atoms with Gasteiger partial charge in [0, 0.05) is 18.6 Å². The molecule has 2 nitrogen and oxygen atoms in total. The summed E-state index contributed by atoms with van der Waals surface area (Å²) < 4.78 is 13.7. The number of hydrogen-bond donors (Lipinski definition) is 0. The highest BCUT2D eigenvalue weighted by molar-refractivity contribution is 5.34. The number of nitrogens with zero attached hydrogens (tertiary/aromatic N) is 2. The zero-order valence-electron chi connectivity index (χ0n) is 20.8. The van der Waals surface area contributed by atoms with Gasteiger partial charge in [-0.2, -0.15) is 5.26 Å². The topological polar surface area (TPSA) is 27.0 Å². The zero-order valence-corrected chi connectivity index (χ0v) is 20.8. The van der Waals surface area contributed by atoms with E-state index in [9.17, 15) is 9.65 Å². The van der Waals surface area contributed by atoms with E-state index in [1.54, 1.807) is 0 Å². The van der Waals surface area contributed by atoms with Crippen LogP contribution in [-0.2, 0) is 11.8 Å². The molecule has 3 heteroatoms. The number of rotatable bonds is 11. The van der Waals surface area contributed by atoms with Crippen LogP contribution in [0.2, 0.25) is 0 Å². The first-order chi connectivity index (χ1) is 16.0. The van der Waals surface area contributed by atoms with Gasteiger partial charge in [0.05, 0.1) is 11.5 Å². The molecule has 0 saturated heterocycles. The minimum absolute atomic E-state index is 0.229. The van der Waals surface area contributed by atoms with E-state index >= 15 is 0 Å². The highest BCUT2D eigenvalue weighted by atomic mass is 19.1. The number of nitriles is 1. The van der Waals surface area contributed by atoms with Crippen molar-refractivity contribution in [3.05, 3.63) is 71.5 Å². The van der Waals surface area contributed by atoms with Crippen LogP contribution >= 0.6 is 0 Å². The summed E-state index contributed by atoms with van der Waals surface area (Å²) in [5, 5.41) is 10.6. The molecule has 0 aliphatic heterocycles. The van der Waals surface area contributed by atoms with E-state index in [2.05, 4.69) is 62.1 Å². The van der Waals surface area contributed by atoms with Gasteiger partial charge in [0.2, 0.25) is 0 Å². The van der Waals surface area contributed by atoms with Crippen LogP contribution in [0, 0.1) is 23.1 Å². The molecule has 33 heavy (non-hydrogen) atoms. The first-order valence-electron chi connectivity index (χ1n) is 13.0. The maximum Gasteiger partial charge on any atom is 0.123 e. The molecule has 3 rings (SSSR count). The Labute approximate surface area is 200 Å². The van der Waals surface area contributed by atoms with Crippen LogP contribution in [0.25, 0.3) is 0 Å². The van der Waals surface area contributed by atoms with E-state index in [1.807, 2.05) is 12.1 Å². The molecule has 0 radical (unpaired) electrons. The van der Waals surface area contributed by atoms with E-state index in [1.165, 1.54) is 37.0 Å². The Kier molecular flexibility index (Phi) is 9.51. The second-order valence-corrected chi connectivity index (χ2v) is 10.1. The van der Waals surface area contributed by atoms with Gasteiger partial charge in [-0.1, -0.05) is 68.7 Å². The molecule has 0 bridgehead atoms. The van der Waals surface area contributed by atoms with Gasteiger partial charge in [-0.05, 0) is 81.5 Å². The molecule has 0 aromatic heterocycles. The third-order valence-corrected chi connectivity index (χ3v) is 7.84. The summed E-state index contributed by atoms with van der Waals surface area (Å²) in [4.78, 5) is 2.63. The van der Waals surface area contributed by atoms with Crippen LogP contribution in [0.15, 0.2) is 54.6 Å². The van der Waals surface area contributed by atoms with Gasteiger partial charge in [-0.25, -0.2) is 4.39 Å². The Morgan fingerprint density at radius 1 is 1.03 bits per heavy atom. The first kappa shape index (κ1) is 25.4. The Morgan fingerprint density at radius 2 is 1.70 bits per heavy atom. The van der Waals surface area contributed by atoms with E-state index in [4.69, 9.17) is 0 Å². The van der Waals surface area contributed by atoms with Crippen molar-refractivity contribution in [1.29, 1.82) is 5.26 Å². The summed E-state index contributed by atoms with van der Waals surface area (Å²) in [7, 11) is 0. The highest BCUT2D eigenvalue weighted by Crippen LogP contribution is 2.44. The van der Waals surface area contributed by atoms with E-state index in [-0.39, 0.29) is 5.82 Å². The normalized spacial score (nSPS) is 17.6. The minimum Gasteiger partial charge on any atom is -0.298 e. The summed E-state index contributed by atoms with van der Waals surface area (Å²) in [6.07, 6.45) is 9.80. The van der Waals surface area contributed by atoms with Crippen LogP contribution in [-0.4, -0.2) is 23.5 Å². The average Bonchev–Trinajstić information content (AvgIpc) is 2.85. The second kappa shape index (κ2) is 12.3. The zero-order chi connectivity index (χ0) is 23.7. The van der Waals surface area contributed by atoms with E-state index in [0.717, 1.165) is 50.6 Å². The fraction of sp³-hybridized carbons (Fsp3) is 0.567. The molecule has 178 valence electrons. The highest BCUT2D eigenvalue weighted by Gasteiger charge is 2.41. The van der Waals surface area contributed by atoms with Gasteiger partial charge in [0.15, 0.2) is 0 Å². The molecular formula is C30H41FN2. The molecule has 1 saturated carbocycles. The third kappa shape index (κ3) is 6.45. The summed E-state index contributed by atoms with van der Waals surface area (Å²) in [6, 6.07) is 21.2. The van der Waals surface area contributed by atoms with Gasteiger partial charge >= 0.3 is 0 Å². The summed E-state index contributed by atoms with van der Waals surface area (Å²) >= 11 is 0. The molecule has 2 aromatic rings. The average molecular weight is 449 g/mol. The number of halogens is 1. The largest absolute Gasteiger partial charge is 0.298 e. The fourth-order valence-corrected chi connectivity index (χ4v) is 5.90. The lowest BCUT2D eigenvalue weighted by atomic mass is 9.63. The lowest BCUT2D eigenvalue weighted by Crippen LogP contribution is -2.43. The minimum atomic E-state index is -0.524. The fourth-order valence-electron chi connectivity index (χ4n) is 5.90. The van der Waals surface area contributed by atoms with Gasteiger partial charge in [0.1, 0.15) is 5.82 Å². The lowest BCUT2D eigenvalue weighted by molar-refractivity contribution is 0.128. The van der Waals surface area contributed by atoms with Crippen molar-refractivity contribution in [3.63, 3.8) is 0 Å². The molecule has 0 N–H and O–H groups in total. The van der Waals surface area contributed by atoms with Crippen LogP contribution in [0.5, 0.6) is 0 Å². The van der Waals surface area contributed by atoms with Crippen LogP contribution < -0.4 is 0 Å². The Balaban J connectivity index is 1.80. The molecule has 1 fully saturated rings. The monoisotopic (exact) mass is 448 g/mol.